The molecule has 0 fully saturated rings. The molecule has 162 valence electrons. The van der Waals surface area contributed by atoms with Gasteiger partial charge in [0.15, 0.2) is 0 Å². The Kier molecular flexibility index (Phi) is 7.40. The molecule has 10 heteroatoms. The minimum atomic E-state index is -3.60. The van der Waals surface area contributed by atoms with Gasteiger partial charge < -0.3 is 15.4 Å². The molecule has 8 nitrogen and oxygen atoms in total. The van der Waals surface area contributed by atoms with Crippen LogP contribution in [0.1, 0.15) is 16.8 Å². The number of anilines is 2. The van der Waals surface area contributed by atoms with Gasteiger partial charge in [-0.1, -0.05) is 18.2 Å². The number of methoxy groups -OCH3 is 1. The van der Waals surface area contributed by atoms with E-state index in [-0.39, 0.29) is 29.0 Å². The van der Waals surface area contributed by atoms with E-state index >= 15 is 0 Å². The second kappa shape index (κ2) is 10.2. The van der Waals surface area contributed by atoms with Crippen LogP contribution < -0.4 is 20.1 Å². The number of carbonyl (C=O) groups excluding carboxylic acids is 2. The number of rotatable bonds is 9. The fourth-order valence-corrected chi connectivity index (χ4v) is 4.73. The third-order valence-electron chi connectivity index (χ3n) is 4.19. The van der Waals surface area contributed by atoms with Crippen molar-refractivity contribution in [1.82, 2.24) is 4.72 Å². The summed E-state index contributed by atoms with van der Waals surface area (Å²) in [4.78, 5) is 24.5. The molecule has 0 unspecified atom stereocenters. The van der Waals surface area contributed by atoms with Gasteiger partial charge in [-0.05, 0) is 47.8 Å². The quantitative estimate of drug-likeness (QED) is 0.454. The van der Waals surface area contributed by atoms with Gasteiger partial charge in [-0.2, -0.15) is 0 Å². The molecule has 0 aliphatic carbocycles. The maximum atomic E-state index is 12.4. The standard InChI is InChI=1S/C21H21N3O5S2/c1-29-18-6-3-2-5-17(18)24-21(26)15-8-10-16(11-9-15)23-19(25)12-13-22-31(27,28)20-7-4-14-30-20/h2-11,14,22H,12-13H2,1H3,(H,23,25)(H,24,26). The first-order valence-electron chi connectivity index (χ1n) is 9.26. The minimum Gasteiger partial charge on any atom is -0.495 e. The van der Waals surface area contributed by atoms with Gasteiger partial charge in [0.2, 0.25) is 15.9 Å². The average Bonchev–Trinajstić information content (AvgIpc) is 3.30. The van der Waals surface area contributed by atoms with Gasteiger partial charge in [0.05, 0.1) is 12.8 Å². The first-order valence-corrected chi connectivity index (χ1v) is 11.6. The highest BCUT2D eigenvalue weighted by Gasteiger charge is 2.15. The lowest BCUT2D eigenvalue weighted by Crippen LogP contribution is -2.27. The van der Waals surface area contributed by atoms with Crippen molar-refractivity contribution in [3.8, 4) is 5.75 Å². The summed E-state index contributed by atoms with van der Waals surface area (Å²) in [6, 6.07) is 16.6. The van der Waals surface area contributed by atoms with E-state index in [2.05, 4.69) is 15.4 Å². The van der Waals surface area contributed by atoms with Gasteiger partial charge in [-0.25, -0.2) is 13.1 Å². The lowest BCUT2D eigenvalue weighted by Gasteiger charge is -2.10. The Labute approximate surface area is 184 Å². The smallest absolute Gasteiger partial charge is 0.255 e. The summed E-state index contributed by atoms with van der Waals surface area (Å²) in [6.45, 7) is -0.0224. The predicted octanol–water partition coefficient (Wildman–Crippen LogP) is 3.32. The highest BCUT2D eigenvalue weighted by molar-refractivity contribution is 7.91. The number of ether oxygens (including phenoxy) is 1. The van der Waals surface area contributed by atoms with Gasteiger partial charge in [-0.15, -0.1) is 11.3 Å². The third kappa shape index (κ3) is 6.14. The Bertz CT molecular complexity index is 1140. The number of hydrogen-bond acceptors (Lipinski definition) is 6. The molecular weight excluding hydrogens is 438 g/mol. The molecule has 2 amide bonds. The van der Waals surface area contributed by atoms with Crippen molar-refractivity contribution in [2.75, 3.05) is 24.3 Å². The van der Waals surface area contributed by atoms with Crippen LogP contribution in [0, 0.1) is 0 Å². The zero-order chi connectivity index (χ0) is 22.3. The summed E-state index contributed by atoms with van der Waals surface area (Å²) in [5.74, 6) is -0.111. The van der Waals surface area contributed by atoms with Crippen LogP contribution in [0.5, 0.6) is 5.75 Å². The average molecular weight is 460 g/mol. The highest BCUT2D eigenvalue weighted by atomic mass is 32.2. The second-order valence-corrected chi connectivity index (χ2v) is 9.30. The van der Waals surface area contributed by atoms with Crippen LogP contribution in [0.15, 0.2) is 70.3 Å². The summed E-state index contributed by atoms with van der Waals surface area (Å²) < 4.78 is 31.9. The number of carbonyl (C=O) groups is 2. The molecule has 1 aromatic heterocycles. The molecule has 1 heterocycles. The summed E-state index contributed by atoms with van der Waals surface area (Å²) in [6.07, 6.45) is -0.0271. The molecule has 0 radical (unpaired) electrons. The van der Waals surface area contributed by atoms with Gasteiger partial charge in [-0.3, -0.25) is 9.59 Å². The Morgan fingerprint density at radius 3 is 2.39 bits per heavy atom. The first kappa shape index (κ1) is 22.5. The molecule has 3 N–H and O–H groups in total. The lowest BCUT2D eigenvalue weighted by molar-refractivity contribution is -0.116. The van der Waals surface area contributed by atoms with Crippen LogP contribution in [0.4, 0.5) is 11.4 Å². The van der Waals surface area contributed by atoms with Crippen LogP contribution in [-0.2, 0) is 14.8 Å². The van der Waals surface area contributed by atoms with Crippen molar-refractivity contribution in [2.45, 2.75) is 10.6 Å². The first-order chi connectivity index (χ1) is 14.9. The Morgan fingerprint density at radius 1 is 0.968 bits per heavy atom. The summed E-state index contributed by atoms with van der Waals surface area (Å²) in [7, 11) is -2.07. The van der Waals surface area contributed by atoms with E-state index in [1.807, 2.05) is 0 Å². The molecule has 3 rings (SSSR count). The molecule has 31 heavy (non-hydrogen) atoms. The monoisotopic (exact) mass is 459 g/mol. The summed E-state index contributed by atoms with van der Waals surface area (Å²) in [5, 5.41) is 7.12. The molecule has 2 aromatic carbocycles. The number of thiophene rings is 1. The van der Waals surface area contributed by atoms with Crippen molar-refractivity contribution >= 4 is 44.5 Å². The summed E-state index contributed by atoms with van der Waals surface area (Å²) in [5.41, 5.74) is 1.46. The fraction of sp³-hybridized carbons (Fsp3) is 0.143. The topological polar surface area (TPSA) is 114 Å². The van der Waals surface area contributed by atoms with E-state index in [4.69, 9.17) is 4.74 Å². The van der Waals surface area contributed by atoms with Crippen LogP contribution in [0.2, 0.25) is 0 Å². The van der Waals surface area contributed by atoms with Gasteiger partial charge in [0.1, 0.15) is 9.96 Å². The molecular formula is C21H21N3O5S2. The van der Waals surface area contributed by atoms with Crippen molar-refractivity contribution in [3.63, 3.8) is 0 Å². The molecule has 0 bridgehead atoms. The fourth-order valence-electron chi connectivity index (χ4n) is 2.66. The molecule has 0 saturated heterocycles. The molecule has 0 spiro atoms. The van der Waals surface area contributed by atoms with Gasteiger partial charge in [0.25, 0.3) is 5.91 Å². The lowest BCUT2D eigenvalue weighted by atomic mass is 10.2. The highest BCUT2D eigenvalue weighted by Crippen LogP contribution is 2.24. The van der Waals surface area contributed by atoms with Crippen molar-refractivity contribution in [2.24, 2.45) is 0 Å². The molecule has 0 saturated carbocycles. The van der Waals surface area contributed by atoms with Gasteiger partial charge in [0, 0.05) is 24.2 Å². The van der Waals surface area contributed by atoms with E-state index in [9.17, 15) is 18.0 Å². The SMILES string of the molecule is COc1ccccc1NC(=O)c1ccc(NC(=O)CCNS(=O)(=O)c2cccs2)cc1. The largest absolute Gasteiger partial charge is 0.495 e. The van der Waals surface area contributed by atoms with E-state index in [0.717, 1.165) is 11.3 Å². The predicted molar refractivity (Wildman–Crippen MR) is 120 cm³/mol. The molecule has 3 aromatic rings. The van der Waals surface area contributed by atoms with Crippen LogP contribution in [0.3, 0.4) is 0 Å². The molecule has 0 atom stereocenters. The van der Waals surface area contributed by atoms with Crippen LogP contribution in [-0.4, -0.2) is 33.9 Å². The normalized spacial score (nSPS) is 11.0. The van der Waals surface area contributed by atoms with E-state index < -0.39 is 10.0 Å². The van der Waals surface area contributed by atoms with Crippen molar-refractivity contribution in [1.29, 1.82) is 0 Å². The van der Waals surface area contributed by atoms with Gasteiger partial charge >= 0.3 is 0 Å². The van der Waals surface area contributed by atoms with Crippen LogP contribution >= 0.6 is 11.3 Å². The number of benzene rings is 2. The third-order valence-corrected chi connectivity index (χ3v) is 7.05. The Balaban J connectivity index is 1.50. The number of amides is 2. The number of nitrogens with one attached hydrogen (secondary N) is 3. The maximum Gasteiger partial charge on any atom is 0.255 e. The number of sulfonamides is 1. The maximum absolute atomic E-state index is 12.4. The summed E-state index contributed by atoms with van der Waals surface area (Å²) >= 11 is 1.11. The minimum absolute atomic E-state index is 0.0224. The van der Waals surface area contributed by atoms with Crippen molar-refractivity contribution in [3.05, 3.63) is 71.6 Å². The van der Waals surface area contributed by atoms with Crippen molar-refractivity contribution < 1.29 is 22.7 Å². The van der Waals surface area contributed by atoms with E-state index in [0.29, 0.717) is 22.7 Å². The second-order valence-electron chi connectivity index (χ2n) is 6.36. The molecule has 0 aliphatic rings. The van der Waals surface area contributed by atoms with E-state index in [1.165, 1.54) is 13.2 Å². The Morgan fingerprint density at radius 2 is 1.71 bits per heavy atom. The number of hydrogen-bond donors (Lipinski definition) is 3. The zero-order valence-electron chi connectivity index (χ0n) is 16.6. The van der Waals surface area contributed by atoms with E-state index in [1.54, 1.807) is 60.0 Å². The Hall–Kier alpha value is -3.21. The molecule has 0 aliphatic heterocycles. The zero-order valence-corrected chi connectivity index (χ0v) is 18.3. The van der Waals surface area contributed by atoms with Crippen LogP contribution in [0.25, 0.3) is 0 Å². The number of para-hydroxylation sites is 2.